The van der Waals surface area contributed by atoms with E-state index in [0.29, 0.717) is 18.3 Å². The van der Waals surface area contributed by atoms with Gasteiger partial charge in [-0.25, -0.2) is 0 Å². The molecule has 2 aromatic rings. The third-order valence-corrected chi connectivity index (χ3v) is 4.41. The summed E-state index contributed by atoms with van der Waals surface area (Å²) < 4.78 is 13.3. The highest BCUT2D eigenvalue weighted by atomic mass is 32.1. The molecule has 0 fully saturated rings. The molecule has 1 atom stereocenters. The van der Waals surface area contributed by atoms with Crippen LogP contribution in [0.3, 0.4) is 0 Å². The Balaban J connectivity index is 1.84. The summed E-state index contributed by atoms with van der Waals surface area (Å²) in [6.07, 6.45) is 2.66. The SMILES string of the molecule is CCOc1ccc(CCNC(=S)NC(C)c2ccnn2CC)cc1OCC. The number of nitrogens with zero attached hydrogens (tertiary/aromatic N) is 2. The van der Waals surface area contributed by atoms with E-state index in [9.17, 15) is 0 Å². The standard InChI is InChI=1S/C20H30N4O2S/c1-5-24-17(11-13-22-24)15(4)23-20(27)21-12-10-16-8-9-18(25-6-2)19(14-16)26-7-3/h8-9,11,13-15H,5-7,10,12H2,1-4H3,(H2,21,23,27). The Morgan fingerprint density at radius 3 is 2.59 bits per heavy atom. The molecule has 2 rings (SSSR count). The topological polar surface area (TPSA) is 60.3 Å². The summed E-state index contributed by atoms with van der Waals surface area (Å²) >= 11 is 5.43. The molecule has 0 saturated heterocycles. The molecule has 148 valence electrons. The lowest BCUT2D eigenvalue weighted by molar-refractivity contribution is 0.287. The van der Waals surface area contributed by atoms with Crippen molar-refractivity contribution in [3.8, 4) is 11.5 Å². The predicted molar refractivity (Wildman–Crippen MR) is 113 cm³/mol. The lowest BCUT2D eigenvalue weighted by atomic mass is 10.1. The second-order valence-corrected chi connectivity index (χ2v) is 6.50. The molecule has 1 aromatic carbocycles. The van der Waals surface area contributed by atoms with Gasteiger partial charge in [-0.05, 0) is 70.1 Å². The molecule has 0 aliphatic heterocycles. The van der Waals surface area contributed by atoms with E-state index >= 15 is 0 Å². The first-order valence-corrected chi connectivity index (χ1v) is 9.94. The quantitative estimate of drug-likeness (QED) is 0.606. The van der Waals surface area contributed by atoms with Crippen molar-refractivity contribution in [2.24, 2.45) is 0 Å². The zero-order valence-corrected chi connectivity index (χ0v) is 17.4. The average Bonchev–Trinajstić information content (AvgIpc) is 3.13. The Morgan fingerprint density at radius 2 is 1.89 bits per heavy atom. The molecule has 2 N–H and O–H groups in total. The summed E-state index contributed by atoms with van der Waals surface area (Å²) in [5, 5.41) is 11.5. The van der Waals surface area contributed by atoms with Gasteiger partial charge in [0.05, 0.1) is 24.9 Å². The van der Waals surface area contributed by atoms with Crippen molar-refractivity contribution in [2.45, 2.75) is 46.7 Å². The maximum atomic E-state index is 5.68. The minimum atomic E-state index is 0.0995. The molecule has 0 saturated carbocycles. The second kappa shape index (κ2) is 10.8. The lowest BCUT2D eigenvalue weighted by Crippen LogP contribution is -2.38. The third kappa shape index (κ3) is 6.13. The Morgan fingerprint density at radius 1 is 1.15 bits per heavy atom. The Labute approximate surface area is 167 Å². The van der Waals surface area contributed by atoms with Crippen LogP contribution in [0.15, 0.2) is 30.5 Å². The Bertz CT molecular complexity index is 733. The van der Waals surface area contributed by atoms with Crippen LogP contribution in [0.5, 0.6) is 11.5 Å². The van der Waals surface area contributed by atoms with Gasteiger partial charge in [0.1, 0.15) is 0 Å². The predicted octanol–water partition coefficient (Wildman–Crippen LogP) is 3.47. The highest BCUT2D eigenvalue weighted by molar-refractivity contribution is 7.80. The van der Waals surface area contributed by atoms with E-state index in [2.05, 4.69) is 35.6 Å². The van der Waals surface area contributed by atoms with Gasteiger partial charge in [-0.1, -0.05) is 6.07 Å². The van der Waals surface area contributed by atoms with Crippen LogP contribution in [0.4, 0.5) is 0 Å². The van der Waals surface area contributed by atoms with Crippen molar-refractivity contribution < 1.29 is 9.47 Å². The normalized spacial score (nSPS) is 11.7. The van der Waals surface area contributed by atoms with E-state index in [1.807, 2.05) is 42.9 Å². The number of rotatable bonds is 10. The fourth-order valence-electron chi connectivity index (χ4n) is 2.87. The molecular weight excluding hydrogens is 360 g/mol. The number of benzene rings is 1. The van der Waals surface area contributed by atoms with Crippen molar-refractivity contribution in [2.75, 3.05) is 19.8 Å². The van der Waals surface area contributed by atoms with Gasteiger partial charge in [0, 0.05) is 19.3 Å². The van der Waals surface area contributed by atoms with Crippen molar-refractivity contribution >= 4 is 17.3 Å². The maximum absolute atomic E-state index is 5.68. The number of hydrogen-bond donors (Lipinski definition) is 2. The fraction of sp³-hybridized carbons (Fsp3) is 0.500. The summed E-state index contributed by atoms with van der Waals surface area (Å²) in [7, 11) is 0. The van der Waals surface area contributed by atoms with E-state index in [-0.39, 0.29) is 6.04 Å². The fourth-order valence-corrected chi connectivity index (χ4v) is 3.15. The first-order valence-electron chi connectivity index (χ1n) is 9.53. The molecule has 7 heteroatoms. The molecule has 0 amide bonds. The minimum absolute atomic E-state index is 0.0995. The van der Waals surface area contributed by atoms with E-state index in [1.54, 1.807) is 0 Å². The molecule has 0 bridgehead atoms. The second-order valence-electron chi connectivity index (χ2n) is 6.09. The van der Waals surface area contributed by atoms with Crippen LogP contribution in [-0.2, 0) is 13.0 Å². The number of aromatic nitrogens is 2. The van der Waals surface area contributed by atoms with Crippen molar-refractivity contribution in [1.29, 1.82) is 0 Å². The zero-order valence-electron chi connectivity index (χ0n) is 16.6. The van der Waals surface area contributed by atoms with Gasteiger partial charge in [-0.2, -0.15) is 5.10 Å². The third-order valence-electron chi connectivity index (χ3n) is 4.15. The average molecular weight is 391 g/mol. The maximum Gasteiger partial charge on any atom is 0.166 e. The van der Waals surface area contributed by atoms with Gasteiger partial charge in [0.25, 0.3) is 0 Å². The van der Waals surface area contributed by atoms with Crippen LogP contribution < -0.4 is 20.1 Å². The molecule has 0 radical (unpaired) electrons. The summed E-state index contributed by atoms with van der Waals surface area (Å²) in [4.78, 5) is 0. The van der Waals surface area contributed by atoms with E-state index in [0.717, 1.165) is 36.7 Å². The zero-order chi connectivity index (χ0) is 19.6. The Kier molecular flexibility index (Phi) is 8.39. The molecule has 27 heavy (non-hydrogen) atoms. The smallest absolute Gasteiger partial charge is 0.166 e. The molecule has 1 unspecified atom stereocenters. The number of ether oxygens (including phenoxy) is 2. The Hall–Kier alpha value is -2.28. The van der Waals surface area contributed by atoms with Crippen LogP contribution in [-0.4, -0.2) is 34.7 Å². The summed E-state index contributed by atoms with van der Waals surface area (Å²) in [5.41, 5.74) is 2.30. The number of aryl methyl sites for hydroxylation is 1. The van der Waals surface area contributed by atoms with Crippen LogP contribution >= 0.6 is 12.2 Å². The molecular formula is C20H30N4O2S. The molecule has 1 heterocycles. The number of nitrogens with one attached hydrogen (secondary N) is 2. The minimum Gasteiger partial charge on any atom is -0.490 e. The van der Waals surface area contributed by atoms with Crippen LogP contribution in [0.25, 0.3) is 0 Å². The van der Waals surface area contributed by atoms with Gasteiger partial charge in [0.2, 0.25) is 0 Å². The van der Waals surface area contributed by atoms with E-state index in [4.69, 9.17) is 21.7 Å². The summed E-state index contributed by atoms with van der Waals surface area (Å²) in [6, 6.07) is 8.18. The van der Waals surface area contributed by atoms with Crippen LogP contribution in [0.2, 0.25) is 0 Å². The lowest BCUT2D eigenvalue weighted by Gasteiger charge is -2.18. The molecule has 0 aliphatic carbocycles. The van der Waals surface area contributed by atoms with Crippen molar-refractivity contribution in [3.63, 3.8) is 0 Å². The van der Waals surface area contributed by atoms with Gasteiger partial charge in [0.15, 0.2) is 16.6 Å². The first kappa shape index (κ1) is 21.0. The molecule has 6 nitrogen and oxygen atoms in total. The largest absolute Gasteiger partial charge is 0.490 e. The van der Waals surface area contributed by atoms with Gasteiger partial charge in [-0.3, -0.25) is 4.68 Å². The summed E-state index contributed by atoms with van der Waals surface area (Å²) in [6.45, 7) is 10.9. The van der Waals surface area contributed by atoms with Crippen LogP contribution in [0, 0.1) is 0 Å². The van der Waals surface area contributed by atoms with E-state index in [1.165, 1.54) is 5.56 Å². The van der Waals surface area contributed by atoms with Crippen molar-refractivity contribution in [1.82, 2.24) is 20.4 Å². The highest BCUT2D eigenvalue weighted by Gasteiger charge is 2.11. The van der Waals surface area contributed by atoms with Gasteiger partial charge >= 0.3 is 0 Å². The van der Waals surface area contributed by atoms with Crippen LogP contribution in [0.1, 0.15) is 45.0 Å². The van der Waals surface area contributed by atoms with E-state index < -0.39 is 0 Å². The van der Waals surface area contributed by atoms with Crippen molar-refractivity contribution in [3.05, 3.63) is 41.7 Å². The van der Waals surface area contributed by atoms with Gasteiger partial charge in [-0.15, -0.1) is 0 Å². The highest BCUT2D eigenvalue weighted by Crippen LogP contribution is 2.28. The molecule has 0 spiro atoms. The first-order chi connectivity index (χ1) is 13.1. The number of thiocarbonyl (C=S) groups is 1. The monoisotopic (exact) mass is 390 g/mol. The summed E-state index contributed by atoms with van der Waals surface area (Å²) in [5.74, 6) is 1.58. The number of hydrogen-bond acceptors (Lipinski definition) is 4. The molecule has 1 aromatic heterocycles. The van der Waals surface area contributed by atoms with Gasteiger partial charge < -0.3 is 20.1 Å². The molecule has 0 aliphatic rings.